The van der Waals surface area contributed by atoms with Crippen LogP contribution >= 0.6 is 15.9 Å². The molecular formula is C20H19BrO3. The molecule has 0 unspecified atom stereocenters. The average molecular weight is 387 g/mol. The van der Waals surface area contributed by atoms with Crippen LogP contribution in [0.5, 0.6) is 5.75 Å². The van der Waals surface area contributed by atoms with Gasteiger partial charge in [0.25, 0.3) is 0 Å². The van der Waals surface area contributed by atoms with Crippen molar-refractivity contribution in [1.82, 2.24) is 0 Å². The monoisotopic (exact) mass is 386 g/mol. The lowest BCUT2D eigenvalue weighted by Gasteiger charge is -2.45. The number of carbonyl (C=O) groups excluding carboxylic acids is 2. The molecular weight excluding hydrogens is 368 g/mol. The molecule has 124 valence electrons. The van der Waals surface area contributed by atoms with Crippen LogP contribution in [0.1, 0.15) is 30.4 Å². The summed E-state index contributed by atoms with van der Waals surface area (Å²) in [7, 11) is 0. The van der Waals surface area contributed by atoms with Crippen molar-refractivity contribution in [3.63, 3.8) is 0 Å². The molecule has 3 nitrogen and oxygen atoms in total. The van der Waals surface area contributed by atoms with Gasteiger partial charge in [-0.3, -0.25) is 9.59 Å². The first-order chi connectivity index (χ1) is 11.3. The molecule has 0 heterocycles. The minimum Gasteiger partial charge on any atom is -0.508 e. The summed E-state index contributed by atoms with van der Waals surface area (Å²) in [6.07, 6.45) is 5.70. The lowest BCUT2D eigenvalue weighted by atomic mass is 9.62. The summed E-state index contributed by atoms with van der Waals surface area (Å²) in [5, 5.41) is 9.82. The SMILES string of the molecule is C=CC1=CC[C@H]2C(=O)C=C(C)C(=O)[C@@]2(Br)[C@H]1c1ccc(O)c(C)c1. The highest BCUT2D eigenvalue weighted by atomic mass is 79.9. The maximum atomic E-state index is 13.0. The molecule has 3 atom stereocenters. The predicted octanol–water partition coefficient (Wildman–Crippen LogP) is 4.15. The zero-order chi connectivity index (χ0) is 17.6. The number of allylic oxidation sites excluding steroid dienone is 5. The van der Waals surface area contributed by atoms with Crippen LogP contribution in [0.25, 0.3) is 0 Å². The Balaban J connectivity index is 2.24. The Labute approximate surface area is 149 Å². The number of phenolic OH excluding ortho intramolecular Hbond substituents is 1. The average Bonchev–Trinajstić information content (AvgIpc) is 2.54. The van der Waals surface area contributed by atoms with Gasteiger partial charge in [-0.1, -0.05) is 46.8 Å². The molecule has 0 bridgehead atoms. The minimum absolute atomic E-state index is 0.0242. The summed E-state index contributed by atoms with van der Waals surface area (Å²) in [6, 6.07) is 5.30. The van der Waals surface area contributed by atoms with E-state index in [9.17, 15) is 14.7 Å². The number of benzene rings is 1. The molecule has 2 aliphatic rings. The van der Waals surface area contributed by atoms with Gasteiger partial charge in [-0.15, -0.1) is 0 Å². The Morgan fingerprint density at radius 2 is 2.04 bits per heavy atom. The number of alkyl halides is 1. The summed E-state index contributed by atoms with van der Waals surface area (Å²) >= 11 is 3.68. The third kappa shape index (κ3) is 2.32. The van der Waals surface area contributed by atoms with Crippen LogP contribution in [-0.2, 0) is 9.59 Å². The first-order valence-electron chi connectivity index (χ1n) is 7.88. The van der Waals surface area contributed by atoms with Gasteiger partial charge in [0.2, 0.25) is 0 Å². The molecule has 2 aliphatic carbocycles. The van der Waals surface area contributed by atoms with E-state index >= 15 is 0 Å². The highest BCUT2D eigenvalue weighted by Gasteiger charge is 2.56. The third-order valence-corrected chi connectivity index (χ3v) is 6.42. The van der Waals surface area contributed by atoms with Crippen molar-refractivity contribution >= 4 is 27.5 Å². The highest BCUT2D eigenvalue weighted by Crippen LogP contribution is 2.54. The molecule has 0 saturated carbocycles. The number of Topliss-reactive ketones (excluding diaryl/α,β-unsaturated/α-hetero) is 1. The Morgan fingerprint density at radius 1 is 1.33 bits per heavy atom. The van der Waals surface area contributed by atoms with Gasteiger partial charge in [0.05, 0.1) is 0 Å². The molecule has 0 aromatic heterocycles. The molecule has 0 amide bonds. The van der Waals surface area contributed by atoms with Crippen molar-refractivity contribution < 1.29 is 14.7 Å². The number of hydrogen-bond donors (Lipinski definition) is 1. The van der Waals surface area contributed by atoms with Crippen LogP contribution in [-0.4, -0.2) is 21.0 Å². The van der Waals surface area contributed by atoms with E-state index in [1.165, 1.54) is 6.08 Å². The van der Waals surface area contributed by atoms with E-state index in [-0.39, 0.29) is 23.2 Å². The molecule has 1 aromatic carbocycles. The molecule has 0 saturated heterocycles. The second-order valence-electron chi connectivity index (χ2n) is 6.50. The van der Waals surface area contributed by atoms with Crippen LogP contribution in [0.2, 0.25) is 0 Å². The molecule has 0 radical (unpaired) electrons. The normalized spacial score (nSPS) is 29.6. The Bertz CT molecular complexity index is 818. The number of hydrogen-bond acceptors (Lipinski definition) is 3. The molecule has 4 heteroatoms. The second kappa shape index (κ2) is 5.85. The lowest BCUT2D eigenvalue weighted by Crippen LogP contribution is -2.53. The van der Waals surface area contributed by atoms with Gasteiger partial charge in [0.1, 0.15) is 10.1 Å². The van der Waals surface area contributed by atoms with E-state index < -0.39 is 10.2 Å². The molecule has 0 spiro atoms. The van der Waals surface area contributed by atoms with Gasteiger partial charge >= 0.3 is 0 Å². The fourth-order valence-electron chi connectivity index (χ4n) is 3.78. The van der Waals surface area contributed by atoms with E-state index in [2.05, 4.69) is 22.5 Å². The zero-order valence-electron chi connectivity index (χ0n) is 13.7. The van der Waals surface area contributed by atoms with E-state index in [0.29, 0.717) is 12.0 Å². The van der Waals surface area contributed by atoms with E-state index in [4.69, 9.17) is 0 Å². The van der Waals surface area contributed by atoms with Crippen LogP contribution in [0.15, 0.2) is 54.2 Å². The van der Waals surface area contributed by atoms with Gasteiger partial charge in [-0.2, -0.15) is 0 Å². The Kier molecular flexibility index (Phi) is 4.12. The Hall–Kier alpha value is -1.94. The van der Waals surface area contributed by atoms with Gasteiger partial charge in [0, 0.05) is 11.8 Å². The van der Waals surface area contributed by atoms with Gasteiger partial charge < -0.3 is 5.11 Å². The fraction of sp³-hybridized carbons (Fsp3) is 0.300. The van der Waals surface area contributed by atoms with Gasteiger partial charge in [0.15, 0.2) is 11.6 Å². The summed E-state index contributed by atoms with van der Waals surface area (Å²) < 4.78 is -1.01. The number of phenols is 1. The number of fused-ring (bicyclic) bond motifs is 1. The van der Waals surface area contributed by atoms with Gasteiger partial charge in [-0.05, 0) is 54.7 Å². The molecule has 0 fully saturated rings. The first kappa shape index (κ1) is 16.9. The van der Waals surface area contributed by atoms with Crippen LogP contribution < -0.4 is 0 Å². The molecule has 0 aliphatic heterocycles. The van der Waals surface area contributed by atoms with Crippen LogP contribution in [0.4, 0.5) is 0 Å². The minimum atomic E-state index is -1.01. The maximum absolute atomic E-state index is 13.0. The maximum Gasteiger partial charge on any atom is 0.177 e. The molecule has 1 aromatic rings. The number of aryl methyl sites for hydroxylation is 1. The van der Waals surface area contributed by atoms with Crippen LogP contribution in [0, 0.1) is 12.8 Å². The number of ketones is 2. The standard InChI is InChI=1S/C20H19BrO3/c1-4-13-5-7-15-17(23)10-12(3)19(24)20(15,21)18(13)14-6-8-16(22)11(2)9-14/h4-6,8-10,15,18,22H,1,7H2,2-3H3/t15-,18+,20-/m0/s1. The predicted molar refractivity (Wildman–Crippen MR) is 97.4 cm³/mol. The van der Waals surface area contributed by atoms with E-state index in [0.717, 1.165) is 16.7 Å². The Morgan fingerprint density at radius 3 is 2.67 bits per heavy atom. The first-order valence-corrected chi connectivity index (χ1v) is 8.67. The van der Waals surface area contributed by atoms with Crippen LogP contribution in [0.3, 0.4) is 0 Å². The third-order valence-electron chi connectivity index (χ3n) is 5.05. The summed E-state index contributed by atoms with van der Waals surface area (Å²) in [5.74, 6) is -0.634. The fourth-order valence-corrected chi connectivity index (χ4v) is 5.03. The number of halogens is 1. The lowest BCUT2D eigenvalue weighted by molar-refractivity contribution is -0.128. The summed E-state index contributed by atoms with van der Waals surface area (Å²) in [6.45, 7) is 7.38. The smallest absolute Gasteiger partial charge is 0.177 e. The van der Waals surface area contributed by atoms with E-state index in [1.807, 2.05) is 19.1 Å². The van der Waals surface area contributed by atoms with E-state index in [1.54, 1.807) is 25.1 Å². The summed E-state index contributed by atoms with van der Waals surface area (Å²) in [4.78, 5) is 25.6. The zero-order valence-corrected chi connectivity index (χ0v) is 15.3. The number of carbonyl (C=O) groups is 2. The van der Waals surface area contributed by atoms with Crippen molar-refractivity contribution in [2.24, 2.45) is 5.92 Å². The molecule has 3 rings (SSSR count). The number of aromatic hydroxyl groups is 1. The van der Waals surface area contributed by atoms with Gasteiger partial charge in [-0.25, -0.2) is 0 Å². The topological polar surface area (TPSA) is 54.4 Å². The van der Waals surface area contributed by atoms with Crippen molar-refractivity contribution in [2.75, 3.05) is 0 Å². The summed E-state index contributed by atoms with van der Waals surface area (Å²) in [5.41, 5.74) is 3.01. The number of rotatable bonds is 2. The molecule has 1 N–H and O–H groups in total. The highest BCUT2D eigenvalue weighted by molar-refractivity contribution is 9.10. The quantitative estimate of drug-likeness (QED) is 0.776. The second-order valence-corrected chi connectivity index (χ2v) is 7.81. The van der Waals surface area contributed by atoms with Crippen molar-refractivity contribution in [3.8, 4) is 5.75 Å². The van der Waals surface area contributed by atoms with Crippen molar-refractivity contribution in [1.29, 1.82) is 0 Å². The molecule has 24 heavy (non-hydrogen) atoms. The van der Waals surface area contributed by atoms with Crippen molar-refractivity contribution in [2.45, 2.75) is 30.5 Å². The largest absolute Gasteiger partial charge is 0.508 e. The van der Waals surface area contributed by atoms with Crippen molar-refractivity contribution in [3.05, 3.63) is 65.3 Å².